The van der Waals surface area contributed by atoms with E-state index in [0.717, 1.165) is 48.5 Å². The first-order valence-electron chi connectivity index (χ1n) is 10.5. The fourth-order valence-corrected chi connectivity index (χ4v) is 3.88. The molecule has 162 valence electrons. The number of ether oxygens (including phenoxy) is 2. The molecule has 1 amide bonds. The van der Waals surface area contributed by atoms with Gasteiger partial charge in [0.15, 0.2) is 0 Å². The Labute approximate surface area is 182 Å². The van der Waals surface area contributed by atoms with Gasteiger partial charge in [-0.1, -0.05) is 6.07 Å². The molecule has 3 aromatic rings. The summed E-state index contributed by atoms with van der Waals surface area (Å²) in [6.07, 6.45) is 1.84. The van der Waals surface area contributed by atoms with Crippen LogP contribution in [0.25, 0.3) is 10.8 Å². The van der Waals surface area contributed by atoms with Crippen LogP contribution in [0, 0.1) is 0 Å². The van der Waals surface area contributed by atoms with Gasteiger partial charge < -0.3 is 24.6 Å². The zero-order valence-electron chi connectivity index (χ0n) is 18.0. The third-order valence-electron chi connectivity index (χ3n) is 5.62. The van der Waals surface area contributed by atoms with Crippen molar-refractivity contribution < 1.29 is 14.3 Å². The van der Waals surface area contributed by atoms with E-state index >= 15 is 0 Å². The van der Waals surface area contributed by atoms with E-state index in [4.69, 9.17) is 9.47 Å². The molecule has 4 rings (SSSR count). The van der Waals surface area contributed by atoms with Gasteiger partial charge in [-0.2, -0.15) is 0 Å². The molecule has 2 heterocycles. The van der Waals surface area contributed by atoms with Crippen LogP contribution >= 0.6 is 0 Å². The smallest absolute Gasteiger partial charge is 0.251 e. The summed E-state index contributed by atoms with van der Waals surface area (Å²) in [4.78, 5) is 21.8. The molecule has 0 bridgehead atoms. The molecule has 7 heteroatoms. The molecular formula is C24H28N4O3. The van der Waals surface area contributed by atoms with Gasteiger partial charge in [-0.3, -0.25) is 4.79 Å². The van der Waals surface area contributed by atoms with Gasteiger partial charge in [0.2, 0.25) is 0 Å². The van der Waals surface area contributed by atoms with Crippen molar-refractivity contribution in [1.29, 1.82) is 0 Å². The monoisotopic (exact) mass is 420 g/mol. The van der Waals surface area contributed by atoms with Crippen LogP contribution in [-0.2, 0) is 4.74 Å². The van der Waals surface area contributed by atoms with Gasteiger partial charge in [-0.25, -0.2) is 4.98 Å². The summed E-state index contributed by atoms with van der Waals surface area (Å²) in [7, 11) is 3.30. The second-order valence-corrected chi connectivity index (χ2v) is 7.49. The van der Waals surface area contributed by atoms with Crippen molar-refractivity contribution >= 4 is 28.2 Å². The van der Waals surface area contributed by atoms with Gasteiger partial charge in [0.25, 0.3) is 5.91 Å². The van der Waals surface area contributed by atoms with Crippen LogP contribution in [0.15, 0.2) is 54.7 Å². The minimum atomic E-state index is -0.0990. The Morgan fingerprint density at radius 1 is 1.00 bits per heavy atom. The highest BCUT2D eigenvalue weighted by Crippen LogP contribution is 2.28. The average Bonchev–Trinajstić information content (AvgIpc) is 2.83. The summed E-state index contributed by atoms with van der Waals surface area (Å²) in [6, 6.07) is 15.9. The minimum Gasteiger partial charge on any atom is -0.497 e. The number of carbonyl (C=O) groups excluding carboxylic acids is 1. The first-order valence-corrected chi connectivity index (χ1v) is 10.5. The Morgan fingerprint density at radius 2 is 1.74 bits per heavy atom. The Morgan fingerprint density at radius 3 is 2.45 bits per heavy atom. The van der Waals surface area contributed by atoms with E-state index in [2.05, 4.69) is 32.2 Å². The van der Waals surface area contributed by atoms with E-state index in [0.29, 0.717) is 18.7 Å². The van der Waals surface area contributed by atoms with Crippen molar-refractivity contribution in [2.24, 2.45) is 0 Å². The maximum absolute atomic E-state index is 12.5. The molecule has 0 saturated carbocycles. The molecule has 1 saturated heterocycles. The number of hydrogen-bond donors (Lipinski definition) is 1. The molecule has 0 spiro atoms. The van der Waals surface area contributed by atoms with Crippen molar-refractivity contribution in [3.05, 3.63) is 60.3 Å². The highest BCUT2D eigenvalue weighted by atomic mass is 16.5. The lowest BCUT2D eigenvalue weighted by atomic mass is 10.1. The number of aromatic nitrogens is 1. The van der Waals surface area contributed by atoms with Crippen LogP contribution in [0.4, 0.5) is 11.5 Å². The largest absolute Gasteiger partial charge is 0.497 e. The second kappa shape index (κ2) is 9.66. The maximum Gasteiger partial charge on any atom is 0.251 e. The molecule has 1 aromatic heterocycles. The number of pyridine rings is 1. The van der Waals surface area contributed by atoms with E-state index in [-0.39, 0.29) is 5.91 Å². The molecule has 31 heavy (non-hydrogen) atoms. The predicted octanol–water partition coefficient (Wildman–Crippen LogP) is 2.95. The summed E-state index contributed by atoms with van der Waals surface area (Å²) in [5.41, 5.74) is 1.83. The number of rotatable bonds is 7. The Kier molecular flexibility index (Phi) is 6.52. The lowest BCUT2D eigenvalue weighted by molar-refractivity contribution is 0.0937. The van der Waals surface area contributed by atoms with Gasteiger partial charge in [0, 0.05) is 62.7 Å². The number of amides is 1. The molecule has 0 atom stereocenters. The molecular weight excluding hydrogens is 392 g/mol. The van der Waals surface area contributed by atoms with Crippen molar-refractivity contribution in [3.63, 3.8) is 0 Å². The third-order valence-corrected chi connectivity index (χ3v) is 5.62. The number of nitrogens with zero attached hydrogens (tertiary/aromatic N) is 3. The molecule has 7 nitrogen and oxygen atoms in total. The molecule has 1 aliphatic heterocycles. The van der Waals surface area contributed by atoms with Crippen LogP contribution in [-0.4, -0.2) is 64.4 Å². The number of methoxy groups -OCH3 is 2. The van der Waals surface area contributed by atoms with Gasteiger partial charge in [0.1, 0.15) is 11.6 Å². The fraction of sp³-hybridized carbons (Fsp3) is 0.333. The van der Waals surface area contributed by atoms with Crippen molar-refractivity contribution in [1.82, 2.24) is 10.3 Å². The van der Waals surface area contributed by atoms with Crippen LogP contribution in [0.2, 0.25) is 0 Å². The third kappa shape index (κ3) is 4.72. The van der Waals surface area contributed by atoms with E-state index < -0.39 is 0 Å². The first-order chi connectivity index (χ1) is 15.2. The summed E-state index contributed by atoms with van der Waals surface area (Å²) in [5.74, 6) is 1.70. The van der Waals surface area contributed by atoms with E-state index in [1.165, 1.54) is 5.69 Å². The lowest BCUT2D eigenvalue weighted by Gasteiger charge is -2.37. The molecule has 2 aromatic carbocycles. The highest BCUT2D eigenvalue weighted by molar-refractivity contribution is 6.01. The quantitative estimate of drug-likeness (QED) is 0.593. The SMILES string of the molecule is COCCNC(=O)c1ccc2ccnc(N3CCN(c4ccc(OC)cc4)CC3)c2c1. The number of benzene rings is 2. The number of hydrogen-bond acceptors (Lipinski definition) is 6. The average molecular weight is 421 g/mol. The molecule has 0 unspecified atom stereocenters. The topological polar surface area (TPSA) is 66.9 Å². The van der Waals surface area contributed by atoms with E-state index in [1.807, 2.05) is 42.6 Å². The Hall–Kier alpha value is -3.32. The molecule has 1 N–H and O–H groups in total. The summed E-state index contributed by atoms with van der Waals surface area (Å²) in [5, 5.41) is 4.96. The Balaban J connectivity index is 1.50. The summed E-state index contributed by atoms with van der Waals surface area (Å²) in [6.45, 7) is 4.51. The van der Waals surface area contributed by atoms with E-state index in [9.17, 15) is 4.79 Å². The van der Waals surface area contributed by atoms with E-state index in [1.54, 1.807) is 14.2 Å². The van der Waals surface area contributed by atoms with Crippen LogP contribution < -0.4 is 19.9 Å². The van der Waals surface area contributed by atoms with Crippen LogP contribution in [0.5, 0.6) is 5.75 Å². The first kappa shape index (κ1) is 20.9. The molecule has 1 aliphatic rings. The highest BCUT2D eigenvalue weighted by Gasteiger charge is 2.20. The zero-order valence-corrected chi connectivity index (χ0v) is 18.0. The van der Waals surface area contributed by atoms with Gasteiger partial charge >= 0.3 is 0 Å². The van der Waals surface area contributed by atoms with Crippen LogP contribution in [0.3, 0.4) is 0 Å². The van der Waals surface area contributed by atoms with Gasteiger partial charge in [-0.05, 0) is 47.9 Å². The standard InChI is InChI=1S/C24H28N4O3/c1-30-16-11-26-24(29)19-4-3-18-9-10-25-23(22(18)17-19)28-14-12-27(13-15-28)20-5-7-21(31-2)8-6-20/h3-10,17H,11-16H2,1-2H3,(H,26,29). The van der Waals surface area contributed by atoms with Gasteiger partial charge in [-0.15, -0.1) is 0 Å². The normalized spacial score (nSPS) is 14.0. The van der Waals surface area contributed by atoms with Crippen LogP contribution in [0.1, 0.15) is 10.4 Å². The number of fused-ring (bicyclic) bond motifs is 1. The molecule has 0 radical (unpaired) electrons. The maximum atomic E-state index is 12.5. The van der Waals surface area contributed by atoms with Crippen molar-refractivity contribution in [2.45, 2.75) is 0 Å². The molecule has 1 fully saturated rings. The summed E-state index contributed by atoms with van der Waals surface area (Å²) >= 11 is 0. The number of nitrogens with one attached hydrogen (secondary N) is 1. The van der Waals surface area contributed by atoms with Crippen molar-refractivity contribution in [3.8, 4) is 5.75 Å². The second-order valence-electron chi connectivity index (χ2n) is 7.49. The summed E-state index contributed by atoms with van der Waals surface area (Å²) < 4.78 is 10.3. The Bertz CT molecular complexity index is 1030. The molecule has 0 aliphatic carbocycles. The number of anilines is 2. The number of carbonyl (C=O) groups is 1. The zero-order chi connectivity index (χ0) is 21.6. The van der Waals surface area contributed by atoms with Crippen molar-refractivity contribution in [2.75, 3.05) is 63.4 Å². The number of piperazine rings is 1. The fourth-order valence-electron chi connectivity index (χ4n) is 3.88. The minimum absolute atomic E-state index is 0.0990. The lowest BCUT2D eigenvalue weighted by Crippen LogP contribution is -2.46. The predicted molar refractivity (Wildman–Crippen MR) is 123 cm³/mol. The van der Waals surface area contributed by atoms with Gasteiger partial charge in [0.05, 0.1) is 13.7 Å².